The Labute approximate surface area is 194 Å². The first-order valence-electron chi connectivity index (χ1n) is 10.6. The number of aromatic nitrogens is 4. The fourth-order valence-electron chi connectivity index (χ4n) is 4.17. The van der Waals surface area contributed by atoms with Crippen molar-refractivity contribution in [3.05, 3.63) is 94.4 Å². The molecule has 0 spiro atoms. The Morgan fingerprint density at radius 3 is 2.56 bits per heavy atom. The number of carbonyl (C=O) groups is 1. The summed E-state index contributed by atoms with van der Waals surface area (Å²) in [5.74, 6) is 0.588. The molecule has 0 saturated heterocycles. The Bertz CT molecular complexity index is 1220. The molecule has 5 rings (SSSR count). The van der Waals surface area contributed by atoms with Gasteiger partial charge < -0.3 is 5.32 Å². The van der Waals surface area contributed by atoms with Crippen molar-refractivity contribution in [2.75, 3.05) is 5.32 Å². The average molecular weight is 491 g/mol. The van der Waals surface area contributed by atoms with E-state index in [0.717, 1.165) is 41.5 Å². The normalized spacial score (nSPS) is 15.2. The Kier molecular flexibility index (Phi) is 5.77. The molecule has 0 fully saturated rings. The number of carbonyl (C=O) groups excluding carboxylic acids is 1. The molecule has 1 aliphatic carbocycles. The maximum atomic E-state index is 12.9. The maximum Gasteiger partial charge on any atom is 0.320 e. The molecule has 0 aliphatic heterocycles. The Morgan fingerprint density at radius 1 is 1.03 bits per heavy atom. The van der Waals surface area contributed by atoms with Gasteiger partial charge in [-0.15, -0.1) is 0 Å². The van der Waals surface area contributed by atoms with Crippen molar-refractivity contribution in [2.45, 2.75) is 31.8 Å². The molecule has 0 radical (unpaired) electrons. The number of hydrogen-bond acceptors (Lipinski definition) is 3. The molecular weight excluding hydrogens is 468 g/mol. The molecular formula is C24H23BrN6O. The molecule has 2 N–H and O–H groups in total. The van der Waals surface area contributed by atoms with Gasteiger partial charge in [0.15, 0.2) is 5.82 Å². The monoisotopic (exact) mass is 490 g/mol. The van der Waals surface area contributed by atoms with Crippen molar-refractivity contribution in [3.63, 3.8) is 0 Å². The average Bonchev–Trinajstić information content (AvgIpc) is 3.39. The van der Waals surface area contributed by atoms with Crippen LogP contribution in [-0.4, -0.2) is 25.6 Å². The fraction of sp³-hybridized carbons (Fsp3) is 0.208. The van der Waals surface area contributed by atoms with E-state index < -0.39 is 0 Å². The Morgan fingerprint density at radius 2 is 1.78 bits per heavy atom. The van der Waals surface area contributed by atoms with Crippen LogP contribution >= 0.6 is 15.9 Å². The number of amides is 2. The van der Waals surface area contributed by atoms with E-state index in [9.17, 15) is 4.79 Å². The lowest BCUT2D eigenvalue weighted by atomic mass is 9.93. The zero-order valence-electron chi connectivity index (χ0n) is 17.4. The quantitative estimate of drug-likeness (QED) is 0.409. The molecule has 162 valence electrons. The van der Waals surface area contributed by atoms with Gasteiger partial charge in [0.2, 0.25) is 0 Å². The van der Waals surface area contributed by atoms with Gasteiger partial charge in [-0.25, -0.2) is 9.48 Å². The summed E-state index contributed by atoms with van der Waals surface area (Å²) in [4.78, 5) is 12.9. The van der Waals surface area contributed by atoms with Crippen LogP contribution < -0.4 is 10.6 Å². The van der Waals surface area contributed by atoms with Crippen LogP contribution in [0.2, 0.25) is 0 Å². The van der Waals surface area contributed by atoms with Crippen LogP contribution in [0.1, 0.15) is 35.7 Å². The highest BCUT2D eigenvalue weighted by Crippen LogP contribution is 2.31. The molecule has 1 unspecified atom stereocenters. The van der Waals surface area contributed by atoms with E-state index in [2.05, 4.69) is 53.6 Å². The van der Waals surface area contributed by atoms with Gasteiger partial charge in [-0.05, 0) is 52.9 Å². The van der Waals surface area contributed by atoms with Crippen molar-refractivity contribution < 1.29 is 4.79 Å². The van der Waals surface area contributed by atoms with Crippen molar-refractivity contribution >= 4 is 27.8 Å². The number of halogens is 1. The standard InChI is InChI=1S/C24H23BrN6O/c25-20-15-27-31(18-10-5-2-6-11-18)23(20)29-24(32)28-21-12-7-13-22-19(21)14-26-30(22)16-17-8-3-1-4-9-17/h1-6,8-11,14-15,21H,7,12-13,16H2,(H2,28,29,32). The predicted octanol–water partition coefficient (Wildman–Crippen LogP) is 5.08. The van der Waals surface area contributed by atoms with Crippen LogP contribution in [0.4, 0.5) is 10.6 Å². The summed E-state index contributed by atoms with van der Waals surface area (Å²) in [5, 5.41) is 15.1. The van der Waals surface area contributed by atoms with Gasteiger partial charge >= 0.3 is 6.03 Å². The number of hydrogen-bond donors (Lipinski definition) is 2. The van der Waals surface area contributed by atoms with Crippen molar-refractivity contribution in [2.24, 2.45) is 0 Å². The van der Waals surface area contributed by atoms with E-state index in [-0.39, 0.29) is 12.1 Å². The van der Waals surface area contributed by atoms with E-state index in [1.54, 1.807) is 10.9 Å². The van der Waals surface area contributed by atoms with Gasteiger partial charge in [0.25, 0.3) is 0 Å². The molecule has 4 aromatic rings. The topological polar surface area (TPSA) is 76.8 Å². The molecule has 2 aromatic heterocycles. The number of rotatable bonds is 5. The highest BCUT2D eigenvalue weighted by molar-refractivity contribution is 9.10. The van der Waals surface area contributed by atoms with Crippen LogP contribution in [-0.2, 0) is 13.0 Å². The summed E-state index contributed by atoms with van der Waals surface area (Å²) in [5.41, 5.74) is 4.37. The zero-order chi connectivity index (χ0) is 21.9. The van der Waals surface area contributed by atoms with Gasteiger partial charge in [0, 0.05) is 11.3 Å². The lowest BCUT2D eigenvalue weighted by Crippen LogP contribution is -2.35. The third-order valence-electron chi connectivity index (χ3n) is 5.70. The second-order valence-electron chi connectivity index (χ2n) is 7.82. The largest absolute Gasteiger partial charge is 0.331 e. The lowest BCUT2D eigenvalue weighted by molar-refractivity contribution is 0.247. The molecule has 1 aliphatic rings. The zero-order valence-corrected chi connectivity index (χ0v) is 19.0. The van der Waals surface area contributed by atoms with Gasteiger partial charge in [0.1, 0.15) is 0 Å². The highest BCUT2D eigenvalue weighted by atomic mass is 79.9. The minimum Gasteiger partial charge on any atom is -0.331 e. The third kappa shape index (κ3) is 4.18. The molecule has 2 aromatic carbocycles. The number of anilines is 1. The fourth-order valence-corrected chi connectivity index (χ4v) is 4.53. The number of urea groups is 1. The molecule has 2 amide bonds. The van der Waals surface area contributed by atoms with Gasteiger partial charge in [-0.3, -0.25) is 10.00 Å². The summed E-state index contributed by atoms with van der Waals surface area (Å²) in [6.45, 7) is 0.734. The SMILES string of the molecule is O=C(Nc1c(Br)cnn1-c1ccccc1)NC1CCCc2c1cnn2Cc1ccccc1. The van der Waals surface area contributed by atoms with Crippen LogP contribution in [0, 0.1) is 0 Å². The van der Waals surface area contributed by atoms with Crippen molar-refractivity contribution in [3.8, 4) is 5.69 Å². The van der Waals surface area contributed by atoms with Crippen LogP contribution in [0.15, 0.2) is 77.5 Å². The molecule has 0 bridgehead atoms. The smallest absolute Gasteiger partial charge is 0.320 e. The molecule has 0 saturated carbocycles. The van der Waals surface area contributed by atoms with E-state index in [1.807, 2.05) is 54.7 Å². The minimum atomic E-state index is -0.267. The molecule has 8 heteroatoms. The second-order valence-corrected chi connectivity index (χ2v) is 8.68. The molecule has 7 nitrogen and oxygen atoms in total. The Hall–Kier alpha value is -3.39. The third-order valence-corrected chi connectivity index (χ3v) is 6.28. The summed E-state index contributed by atoms with van der Waals surface area (Å²) in [7, 11) is 0. The van der Waals surface area contributed by atoms with Crippen LogP contribution in [0.3, 0.4) is 0 Å². The van der Waals surface area contributed by atoms with Gasteiger partial charge in [0.05, 0.1) is 35.1 Å². The summed E-state index contributed by atoms with van der Waals surface area (Å²) in [6, 6.07) is 19.7. The maximum absolute atomic E-state index is 12.9. The van der Waals surface area contributed by atoms with Gasteiger partial charge in [-0.2, -0.15) is 10.2 Å². The van der Waals surface area contributed by atoms with E-state index >= 15 is 0 Å². The Balaban J connectivity index is 1.32. The van der Waals surface area contributed by atoms with Crippen molar-refractivity contribution in [1.82, 2.24) is 24.9 Å². The number of fused-ring (bicyclic) bond motifs is 1. The van der Waals surface area contributed by atoms with E-state index in [0.29, 0.717) is 5.82 Å². The number of para-hydroxylation sites is 1. The molecule has 2 heterocycles. The van der Waals surface area contributed by atoms with E-state index in [4.69, 9.17) is 0 Å². The van der Waals surface area contributed by atoms with E-state index in [1.165, 1.54) is 11.3 Å². The highest BCUT2D eigenvalue weighted by Gasteiger charge is 2.26. The first-order chi connectivity index (χ1) is 15.7. The van der Waals surface area contributed by atoms with Crippen molar-refractivity contribution in [1.29, 1.82) is 0 Å². The number of nitrogens with zero attached hydrogens (tertiary/aromatic N) is 4. The minimum absolute atomic E-state index is 0.0739. The predicted molar refractivity (Wildman–Crippen MR) is 127 cm³/mol. The summed E-state index contributed by atoms with van der Waals surface area (Å²) < 4.78 is 4.47. The first kappa shape index (κ1) is 20.5. The summed E-state index contributed by atoms with van der Waals surface area (Å²) in [6.07, 6.45) is 6.43. The second kappa shape index (κ2) is 9.00. The molecule has 32 heavy (non-hydrogen) atoms. The number of nitrogens with one attached hydrogen (secondary N) is 2. The number of benzene rings is 2. The molecule has 1 atom stereocenters. The van der Waals surface area contributed by atoms with Crippen LogP contribution in [0.25, 0.3) is 5.69 Å². The van der Waals surface area contributed by atoms with Gasteiger partial charge in [-0.1, -0.05) is 48.5 Å². The van der Waals surface area contributed by atoms with Crippen LogP contribution in [0.5, 0.6) is 0 Å². The first-order valence-corrected chi connectivity index (χ1v) is 11.4. The summed E-state index contributed by atoms with van der Waals surface area (Å²) >= 11 is 3.49. The lowest BCUT2D eigenvalue weighted by Gasteiger charge is -2.24.